The normalized spacial score (nSPS) is 12.4. The van der Waals surface area contributed by atoms with Crippen LogP contribution >= 0.6 is 38.9 Å². The summed E-state index contributed by atoms with van der Waals surface area (Å²) in [4.78, 5) is 1.27. The number of benzene rings is 1. The summed E-state index contributed by atoms with van der Waals surface area (Å²) in [6.45, 7) is 0. The first-order valence-electron chi connectivity index (χ1n) is 5.89. The topological polar surface area (TPSA) is 21.3 Å². The summed E-state index contributed by atoms with van der Waals surface area (Å²) in [5.41, 5.74) is 1.22. The molecule has 0 spiro atoms. The van der Waals surface area contributed by atoms with Crippen molar-refractivity contribution >= 4 is 38.9 Å². The quantitative estimate of drug-likeness (QED) is 0.836. The van der Waals surface area contributed by atoms with Gasteiger partial charge in [-0.15, -0.1) is 11.3 Å². The molecule has 102 valence electrons. The van der Waals surface area contributed by atoms with Crippen molar-refractivity contribution in [2.45, 2.75) is 12.5 Å². The van der Waals surface area contributed by atoms with Crippen LogP contribution in [0.15, 0.2) is 34.8 Å². The monoisotopic (exact) mass is 359 g/mol. The van der Waals surface area contributed by atoms with Gasteiger partial charge in [0.2, 0.25) is 0 Å². The molecule has 1 aromatic carbocycles. The molecular formula is C14H15BrClNOS. The first-order valence-corrected chi connectivity index (χ1v) is 7.87. The molecule has 1 atom stereocenters. The number of hydrogen-bond donors (Lipinski definition) is 1. The second-order valence-corrected chi connectivity index (χ2v) is 6.80. The molecule has 1 unspecified atom stereocenters. The Morgan fingerprint density at radius 2 is 2.16 bits per heavy atom. The standard InChI is InChI=1S/C14H15BrClNOS/c1-17-12(8-10-4-6-14(16)19-10)9-3-5-13(18-2)11(15)7-9/h3-7,12,17H,8H2,1-2H3. The Morgan fingerprint density at radius 3 is 2.68 bits per heavy atom. The van der Waals surface area contributed by atoms with Crippen molar-refractivity contribution in [1.29, 1.82) is 0 Å². The third-order valence-electron chi connectivity index (χ3n) is 2.96. The van der Waals surface area contributed by atoms with E-state index >= 15 is 0 Å². The molecule has 0 amide bonds. The molecule has 2 aromatic rings. The molecule has 2 rings (SSSR count). The van der Waals surface area contributed by atoms with Gasteiger partial charge >= 0.3 is 0 Å². The van der Waals surface area contributed by atoms with Crippen LogP contribution in [0.1, 0.15) is 16.5 Å². The average molecular weight is 361 g/mol. The van der Waals surface area contributed by atoms with Crippen LogP contribution in [-0.4, -0.2) is 14.2 Å². The fraction of sp³-hybridized carbons (Fsp3) is 0.286. The zero-order valence-corrected chi connectivity index (χ0v) is 13.9. The minimum atomic E-state index is 0.261. The summed E-state index contributed by atoms with van der Waals surface area (Å²) in [7, 11) is 3.64. The van der Waals surface area contributed by atoms with E-state index in [4.69, 9.17) is 16.3 Å². The van der Waals surface area contributed by atoms with E-state index in [2.05, 4.69) is 39.4 Å². The van der Waals surface area contributed by atoms with Gasteiger partial charge in [0, 0.05) is 17.3 Å². The minimum Gasteiger partial charge on any atom is -0.496 e. The Kier molecular flexibility index (Phi) is 5.28. The van der Waals surface area contributed by atoms with Crippen molar-refractivity contribution in [3.8, 4) is 5.75 Å². The van der Waals surface area contributed by atoms with E-state index in [1.165, 1.54) is 10.4 Å². The van der Waals surface area contributed by atoms with Crippen molar-refractivity contribution in [3.05, 3.63) is 49.6 Å². The SMILES string of the molecule is CNC(Cc1ccc(Cl)s1)c1ccc(OC)c(Br)c1. The summed E-state index contributed by atoms with van der Waals surface area (Å²) >= 11 is 11.1. The Hall–Kier alpha value is -0.550. The smallest absolute Gasteiger partial charge is 0.133 e. The number of methoxy groups -OCH3 is 1. The highest BCUT2D eigenvalue weighted by Crippen LogP contribution is 2.31. The molecule has 1 aromatic heterocycles. The summed E-state index contributed by atoms with van der Waals surface area (Å²) in [6, 6.07) is 10.4. The van der Waals surface area contributed by atoms with Crippen LogP contribution in [0.5, 0.6) is 5.75 Å². The van der Waals surface area contributed by atoms with Crippen molar-refractivity contribution in [2.75, 3.05) is 14.2 Å². The maximum atomic E-state index is 5.97. The van der Waals surface area contributed by atoms with Crippen LogP contribution < -0.4 is 10.1 Å². The highest BCUT2D eigenvalue weighted by atomic mass is 79.9. The van der Waals surface area contributed by atoms with Crippen molar-refractivity contribution < 1.29 is 4.74 Å². The highest BCUT2D eigenvalue weighted by molar-refractivity contribution is 9.10. The summed E-state index contributed by atoms with van der Waals surface area (Å²) in [6.07, 6.45) is 0.923. The van der Waals surface area contributed by atoms with Gasteiger partial charge in [0.25, 0.3) is 0 Å². The molecule has 5 heteroatoms. The molecule has 2 nitrogen and oxygen atoms in total. The lowest BCUT2D eigenvalue weighted by Gasteiger charge is -2.17. The lowest BCUT2D eigenvalue weighted by molar-refractivity contribution is 0.411. The number of nitrogens with one attached hydrogen (secondary N) is 1. The summed E-state index contributed by atoms with van der Waals surface area (Å²) in [5.74, 6) is 0.845. The van der Waals surface area contributed by atoms with Crippen LogP contribution in [0, 0.1) is 0 Å². The molecule has 0 bridgehead atoms. The Labute approximate surface area is 130 Å². The second-order valence-electron chi connectivity index (χ2n) is 4.15. The van der Waals surface area contributed by atoms with E-state index in [0.717, 1.165) is 21.0 Å². The molecule has 0 radical (unpaired) electrons. The fourth-order valence-corrected chi connectivity index (χ4v) is 3.64. The minimum absolute atomic E-state index is 0.261. The molecule has 0 saturated heterocycles. The van der Waals surface area contributed by atoms with Gasteiger partial charge in [-0.2, -0.15) is 0 Å². The van der Waals surface area contributed by atoms with Gasteiger partial charge < -0.3 is 10.1 Å². The Bertz CT molecular complexity index is 558. The summed E-state index contributed by atoms with van der Waals surface area (Å²) in [5, 5.41) is 3.34. The van der Waals surface area contributed by atoms with Gasteiger partial charge in [0.05, 0.1) is 15.9 Å². The molecule has 1 N–H and O–H groups in total. The van der Waals surface area contributed by atoms with Crippen molar-refractivity contribution in [1.82, 2.24) is 5.32 Å². The third kappa shape index (κ3) is 3.72. The van der Waals surface area contributed by atoms with Gasteiger partial charge in [-0.25, -0.2) is 0 Å². The molecule has 0 fully saturated rings. The van der Waals surface area contributed by atoms with Crippen LogP contribution in [-0.2, 0) is 6.42 Å². The summed E-state index contributed by atoms with van der Waals surface area (Å²) < 4.78 is 7.06. The van der Waals surface area contributed by atoms with E-state index in [0.29, 0.717) is 0 Å². The maximum absolute atomic E-state index is 5.97. The first kappa shape index (κ1) is 14.9. The number of likely N-dealkylation sites (N-methyl/N-ethyl adjacent to an activating group) is 1. The van der Waals surface area contributed by atoms with Crippen LogP contribution in [0.3, 0.4) is 0 Å². The zero-order chi connectivity index (χ0) is 13.8. The van der Waals surface area contributed by atoms with Crippen LogP contribution in [0.4, 0.5) is 0 Å². The molecule has 0 aliphatic carbocycles. The van der Waals surface area contributed by atoms with E-state index in [1.807, 2.05) is 19.2 Å². The third-order valence-corrected chi connectivity index (χ3v) is 4.83. The van der Waals surface area contributed by atoms with Crippen LogP contribution in [0.25, 0.3) is 0 Å². The van der Waals surface area contributed by atoms with Crippen molar-refractivity contribution in [3.63, 3.8) is 0 Å². The Morgan fingerprint density at radius 1 is 1.37 bits per heavy atom. The average Bonchev–Trinajstić information content (AvgIpc) is 2.81. The van der Waals surface area contributed by atoms with E-state index < -0.39 is 0 Å². The predicted molar refractivity (Wildman–Crippen MR) is 85.5 cm³/mol. The molecule has 0 aliphatic rings. The van der Waals surface area contributed by atoms with Crippen LogP contribution in [0.2, 0.25) is 4.34 Å². The zero-order valence-electron chi connectivity index (χ0n) is 10.7. The van der Waals surface area contributed by atoms with E-state index in [-0.39, 0.29) is 6.04 Å². The molecule has 1 heterocycles. The number of halogens is 2. The highest BCUT2D eigenvalue weighted by Gasteiger charge is 2.13. The number of thiophene rings is 1. The van der Waals surface area contributed by atoms with E-state index in [1.54, 1.807) is 18.4 Å². The van der Waals surface area contributed by atoms with Gasteiger partial charge in [-0.05, 0) is 52.8 Å². The van der Waals surface area contributed by atoms with Gasteiger partial charge in [0.15, 0.2) is 0 Å². The molecule has 0 aliphatic heterocycles. The maximum Gasteiger partial charge on any atom is 0.133 e. The Balaban J connectivity index is 2.19. The molecule has 19 heavy (non-hydrogen) atoms. The van der Waals surface area contributed by atoms with Crippen molar-refractivity contribution in [2.24, 2.45) is 0 Å². The van der Waals surface area contributed by atoms with Gasteiger partial charge in [0.1, 0.15) is 5.75 Å². The first-order chi connectivity index (χ1) is 9.13. The predicted octanol–water partition coefficient (Wildman–Crippen LogP) is 4.68. The lowest BCUT2D eigenvalue weighted by Crippen LogP contribution is -2.18. The molecular weight excluding hydrogens is 346 g/mol. The molecule has 0 saturated carbocycles. The second kappa shape index (κ2) is 6.75. The van der Waals surface area contributed by atoms with E-state index in [9.17, 15) is 0 Å². The number of ether oxygens (including phenoxy) is 1. The lowest BCUT2D eigenvalue weighted by atomic mass is 10.0. The van der Waals surface area contributed by atoms with Gasteiger partial charge in [-0.3, -0.25) is 0 Å². The van der Waals surface area contributed by atoms with Gasteiger partial charge in [-0.1, -0.05) is 17.7 Å². The fourth-order valence-electron chi connectivity index (χ4n) is 1.95. The number of hydrogen-bond acceptors (Lipinski definition) is 3. The largest absolute Gasteiger partial charge is 0.496 e. The number of rotatable bonds is 5.